The van der Waals surface area contributed by atoms with E-state index in [1.165, 1.54) is 0 Å². The minimum Gasteiger partial charge on any atom is -0.427 e. The summed E-state index contributed by atoms with van der Waals surface area (Å²) in [5.41, 5.74) is 5.64. The van der Waals surface area contributed by atoms with E-state index in [1.807, 2.05) is 36.1 Å². The topological polar surface area (TPSA) is 127 Å². The summed E-state index contributed by atoms with van der Waals surface area (Å²) in [6.07, 6.45) is 3.22. The molecule has 34 heavy (non-hydrogen) atoms. The Kier molecular flexibility index (Phi) is 6.63. The summed E-state index contributed by atoms with van der Waals surface area (Å²) < 4.78 is 16.7. The van der Waals surface area contributed by atoms with Crippen LogP contribution in [0.5, 0.6) is 0 Å². The second-order valence-corrected chi connectivity index (χ2v) is 8.29. The summed E-state index contributed by atoms with van der Waals surface area (Å²) >= 11 is 0. The number of hydrazone groups is 1. The Hall–Kier alpha value is -3.57. The second-order valence-electron chi connectivity index (χ2n) is 8.29. The van der Waals surface area contributed by atoms with Gasteiger partial charge in [-0.1, -0.05) is 29.8 Å². The lowest BCUT2D eigenvalue weighted by molar-refractivity contribution is 0.0681. The fraction of sp³-hybridized carbons (Fsp3) is 0.435. The minimum absolute atomic E-state index is 0.0363. The highest BCUT2D eigenvalue weighted by atomic mass is 16.5. The van der Waals surface area contributed by atoms with Crippen LogP contribution in [0.25, 0.3) is 11.2 Å². The predicted octanol–water partition coefficient (Wildman–Crippen LogP) is 2.12. The highest BCUT2D eigenvalue weighted by Gasteiger charge is 2.25. The maximum atomic E-state index is 12.8. The van der Waals surface area contributed by atoms with Crippen LogP contribution in [0, 0.1) is 6.92 Å². The summed E-state index contributed by atoms with van der Waals surface area (Å²) in [6.45, 7) is 5.71. The fourth-order valence-corrected chi connectivity index (χ4v) is 3.95. The van der Waals surface area contributed by atoms with Gasteiger partial charge >= 0.3 is 5.91 Å². The first kappa shape index (κ1) is 22.2. The summed E-state index contributed by atoms with van der Waals surface area (Å²) in [7, 11) is 0. The van der Waals surface area contributed by atoms with Gasteiger partial charge in [-0.05, 0) is 25.3 Å². The van der Waals surface area contributed by atoms with Gasteiger partial charge in [-0.15, -0.1) is 0 Å². The monoisotopic (exact) mass is 465 g/mol. The first-order valence-corrected chi connectivity index (χ1v) is 11.4. The van der Waals surface area contributed by atoms with E-state index in [4.69, 9.17) is 13.9 Å². The Morgan fingerprint density at radius 1 is 1.12 bits per heavy atom. The van der Waals surface area contributed by atoms with E-state index in [2.05, 4.69) is 30.8 Å². The third-order valence-electron chi connectivity index (χ3n) is 5.72. The quantitative estimate of drug-likeness (QED) is 0.416. The summed E-state index contributed by atoms with van der Waals surface area (Å²) in [4.78, 5) is 28.2. The van der Waals surface area contributed by atoms with Crippen molar-refractivity contribution in [1.82, 2.24) is 20.3 Å². The summed E-state index contributed by atoms with van der Waals surface area (Å²) in [5.74, 6) is 0.414. The molecule has 2 aromatic heterocycles. The van der Waals surface area contributed by atoms with Gasteiger partial charge in [0.25, 0.3) is 5.89 Å². The molecule has 0 saturated carbocycles. The number of oxazole rings is 1. The van der Waals surface area contributed by atoms with Crippen LogP contribution in [0.3, 0.4) is 0 Å². The normalized spacial score (nSPS) is 17.4. The number of aromatic nitrogens is 3. The van der Waals surface area contributed by atoms with Crippen molar-refractivity contribution in [2.45, 2.75) is 25.8 Å². The Balaban J connectivity index is 1.41. The Morgan fingerprint density at radius 3 is 2.71 bits per heavy atom. The number of hydrogen-bond donors (Lipinski definition) is 2. The molecule has 0 unspecified atom stereocenters. The van der Waals surface area contributed by atoms with E-state index in [-0.39, 0.29) is 23.8 Å². The van der Waals surface area contributed by atoms with Gasteiger partial charge in [0, 0.05) is 32.3 Å². The highest BCUT2D eigenvalue weighted by Crippen LogP contribution is 2.27. The zero-order chi connectivity index (χ0) is 23.3. The first-order valence-electron chi connectivity index (χ1n) is 11.4. The van der Waals surface area contributed by atoms with Gasteiger partial charge in [-0.2, -0.15) is 20.1 Å². The number of hydrogen-bond acceptors (Lipinski definition) is 10. The maximum Gasteiger partial charge on any atom is 0.307 e. The fourth-order valence-electron chi connectivity index (χ4n) is 3.95. The van der Waals surface area contributed by atoms with Gasteiger partial charge in [-0.3, -0.25) is 4.79 Å². The summed E-state index contributed by atoms with van der Waals surface area (Å²) in [5, 5.41) is 7.24. The zero-order valence-corrected chi connectivity index (χ0v) is 19.0. The number of benzene rings is 1. The molecular weight excluding hydrogens is 438 g/mol. The van der Waals surface area contributed by atoms with Gasteiger partial charge in [0.2, 0.25) is 17.2 Å². The minimum atomic E-state index is -0.371. The molecule has 0 spiro atoms. The average molecular weight is 466 g/mol. The van der Waals surface area contributed by atoms with Crippen LogP contribution in [-0.2, 0) is 9.47 Å². The molecule has 2 fully saturated rings. The van der Waals surface area contributed by atoms with Crippen molar-refractivity contribution in [3.63, 3.8) is 0 Å². The number of aryl methyl sites for hydroxylation is 1. The molecule has 178 valence electrons. The number of anilines is 2. The SMILES string of the molecule is Cc1cccc(/C=N/Nc2nc(N3CCOCC3)c3oc(C(=O)NC4CCOCC4)nc3n2)c1. The Bertz CT molecular complexity index is 1180. The van der Waals surface area contributed by atoms with E-state index in [1.54, 1.807) is 6.21 Å². The van der Waals surface area contributed by atoms with Crippen LogP contribution in [0.2, 0.25) is 0 Å². The smallest absolute Gasteiger partial charge is 0.307 e. The lowest BCUT2D eigenvalue weighted by Gasteiger charge is -2.27. The number of carbonyl (C=O) groups excluding carboxylic acids is 1. The lowest BCUT2D eigenvalue weighted by atomic mass is 10.1. The molecule has 4 heterocycles. The molecular formula is C23H27N7O4. The molecule has 0 aliphatic carbocycles. The van der Waals surface area contributed by atoms with Gasteiger partial charge in [0.15, 0.2) is 5.82 Å². The number of carbonyl (C=O) groups is 1. The molecule has 2 saturated heterocycles. The second kappa shape index (κ2) is 10.1. The molecule has 11 heteroatoms. The molecule has 2 aliphatic heterocycles. The number of rotatable bonds is 6. The van der Waals surface area contributed by atoms with Crippen LogP contribution < -0.4 is 15.6 Å². The molecule has 1 amide bonds. The standard InChI is InChI=1S/C23H27N7O4/c1-15-3-2-4-16(13-15)14-24-29-23-27-19-18(20(28-23)30-7-11-33-12-8-30)34-22(26-19)21(31)25-17-5-9-32-10-6-17/h2-4,13-14,17H,5-12H2,1H3,(H,25,31)(H,27,28,29)/b24-14+. The molecule has 2 aliphatic rings. The Morgan fingerprint density at radius 2 is 1.91 bits per heavy atom. The zero-order valence-electron chi connectivity index (χ0n) is 19.0. The van der Waals surface area contributed by atoms with Gasteiger partial charge < -0.3 is 24.1 Å². The molecule has 0 bridgehead atoms. The van der Waals surface area contributed by atoms with Gasteiger partial charge in [-0.25, -0.2) is 5.43 Å². The van der Waals surface area contributed by atoms with Crippen LogP contribution in [-0.4, -0.2) is 72.6 Å². The van der Waals surface area contributed by atoms with Crippen molar-refractivity contribution >= 4 is 35.1 Å². The van der Waals surface area contributed by atoms with Crippen LogP contribution in [0.15, 0.2) is 33.8 Å². The number of nitrogens with zero attached hydrogens (tertiary/aromatic N) is 5. The van der Waals surface area contributed by atoms with Crippen molar-refractivity contribution < 1.29 is 18.7 Å². The predicted molar refractivity (Wildman–Crippen MR) is 126 cm³/mol. The van der Waals surface area contributed by atoms with Crippen LogP contribution >= 0.6 is 0 Å². The van der Waals surface area contributed by atoms with Crippen molar-refractivity contribution in [1.29, 1.82) is 0 Å². The number of fused-ring (bicyclic) bond motifs is 1. The van der Waals surface area contributed by atoms with E-state index in [0.29, 0.717) is 56.6 Å². The number of ether oxygens (including phenoxy) is 2. The molecule has 5 rings (SSSR count). The molecule has 0 radical (unpaired) electrons. The Labute approximate surface area is 196 Å². The van der Waals surface area contributed by atoms with E-state index in [0.717, 1.165) is 24.0 Å². The average Bonchev–Trinajstić information content (AvgIpc) is 3.29. The largest absolute Gasteiger partial charge is 0.427 e. The molecule has 0 atom stereocenters. The van der Waals surface area contributed by atoms with Gasteiger partial charge in [0.1, 0.15) is 0 Å². The molecule has 1 aromatic carbocycles. The third kappa shape index (κ3) is 5.15. The maximum absolute atomic E-state index is 12.8. The molecule has 11 nitrogen and oxygen atoms in total. The highest BCUT2D eigenvalue weighted by molar-refractivity contribution is 5.94. The van der Waals surface area contributed by atoms with Crippen molar-refractivity contribution in [3.05, 3.63) is 41.3 Å². The van der Waals surface area contributed by atoms with Crippen molar-refractivity contribution in [2.75, 3.05) is 49.8 Å². The van der Waals surface area contributed by atoms with E-state index >= 15 is 0 Å². The van der Waals surface area contributed by atoms with Crippen LogP contribution in [0.4, 0.5) is 11.8 Å². The third-order valence-corrected chi connectivity index (χ3v) is 5.72. The van der Waals surface area contributed by atoms with Crippen LogP contribution in [0.1, 0.15) is 34.7 Å². The molecule has 3 aromatic rings. The van der Waals surface area contributed by atoms with E-state index in [9.17, 15) is 4.79 Å². The lowest BCUT2D eigenvalue weighted by Crippen LogP contribution is -2.39. The number of nitrogens with one attached hydrogen (secondary N) is 2. The summed E-state index contributed by atoms with van der Waals surface area (Å²) in [6, 6.07) is 8.02. The van der Waals surface area contributed by atoms with Crippen molar-refractivity contribution in [3.8, 4) is 0 Å². The van der Waals surface area contributed by atoms with E-state index < -0.39 is 0 Å². The first-order chi connectivity index (χ1) is 16.7. The molecule has 2 N–H and O–H groups in total. The van der Waals surface area contributed by atoms with Crippen molar-refractivity contribution in [2.24, 2.45) is 5.10 Å². The van der Waals surface area contributed by atoms with Gasteiger partial charge in [0.05, 0.1) is 19.4 Å². The number of morpholine rings is 1. The number of amides is 1.